The third-order valence-electron chi connectivity index (χ3n) is 2.23. The highest BCUT2D eigenvalue weighted by molar-refractivity contribution is 5.74. The van der Waals surface area contributed by atoms with Gasteiger partial charge in [0.2, 0.25) is 0 Å². The predicted octanol–water partition coefficient (Wildman–Crippen LogP) is 2.28. The molecule has 1 unspecified atom stereocenters. The van der Waals surface area contributed by atoms with Gasteiger partial charge in [-0.2, -0.15) is 10.5 Å². The van der Waals surface area contributed by atoms with Crippen LogP contribution in [0, 0.1) is 0 Å². The van der Waals surface area contributed by atoms with E-state index in [1.807, 2.05) is 24.3 Å². The molecule has 2 rings (SSSR count). The largest absolute Gasteiger partial charge is 0.159 e. The van der Waals surface area contributed by atoms with Crippen LogP contribution in [0.1, 0.15) is 18.4 Å². The maximum Gasteiger partial charge on any atom is 0.0718 e. The number of benzene rings is 1. The number of hydrogen-bond acceptors (Lipinski definition) is 1. The van der Waals surface area contributed by atoms with Crippen LogP contribution in [0.15, 0.2) is 47.2 Å². The quantitative estimate of drug-likeness (QED) is 0.652. The van der Waals surface area contributed by atoms with E-state index in [0.29, 0.717) is 5.92 Å². The van der Waals surface area contributed by atoms with Crippen molar-refractivity contribution in [1.82, 2.24) is 5.43 Å². The highest BCUT2D eigenvalue weighted by Crippen LogP contribution is 2.23. The molecular weight excluding hydrogens is 160 g/mol. The first-order valence-electron chi connectivity index (χ1n) is 4.37. The van der Waals surface area contributed by atoms with Crippen molar-refractivity contribution in [2.45, 2.75) is 12.8 Å². The molecule has 1 heterocycles. The van der Waals surface area contributed by atoms with Crippen molar-refractivity contribution in [2.75, 3.05) is 0 Å². The summed E-state index contributed by atoms with van der Waals surface area (Å²) in [6, 6.07) is 10.3. The first kappa shape index (κ1) is 8.05. The molecule has 1 atom stereocenters. The summed E-state index contributed by atoms with van der Waals surface area (Å²) in [5.41, 5.74) is 6.36. The summed E-state index contributed by atoms with van der Waals surface area (Å²) in [4.78, 5) is 0. The molecule has 13 heavy (non-hydrogen) atoms. The molecule has 0 fully saturated rings. The van der Waals surface area contributed by atoms with Gasteiger partial charge in [-0.25, -0.2) is 0 Å². The summed E-state index contributed by atoms with van der Waals surface area (Å²) < 4.78 is 0. The lowest BCUT2D eigenvalue weighted by atomic mass is 9.98. The fraction of sp³-hybridized carbons (Fsp3) is 0.182. The van der Waals surface area contributed by atoms with Gasteiger partial charge in [0.15, 0.2) is 0 Å². The van der Waals surface area contributed by atoms with Crippen molar-refractivity contribution >= 4 is 6.21 Å². The second-order valence-corrected chi connectivity index (χ2v) is 3.09. The molecule has 1 aliphatic rings. The van der Waals surface area contributed by atoms with Crippen LogP contribution in [0.2, 0.25) is 0 Å². The zero-order chi connectivity index (χ0) is 9.10. The van der Waals surface area contributed by atoms with E-state index in [4.69, 9.17) is 0 Å². The molecule has 0 spiro atoms. The number of allylic oxidation sites excluding steroid dienone is 2. The SMILES string of the molecule is CC(C1=CC=N[N]1)c1ccccc1. The first-order chi connectivity index (χ1) is 6.38. The summed E-state index contributed by atoms with van der Waals surface area (Å²) in [5, 5.41) is 3.82. The van der Waals surface area contributed by atoms with E-state index in [1.165, 1.54) is 5.56 Å². The maximum absolute atomic E-state index is 4.04. The van der Waals surface area contributed by atoms with Crippen molar-refractivity contribution in [3.63, 3.8) is 0 Å². The Morgan fingerprint density at radius 3 is 2.54 bits per heavy atom. The van der Waals surface area contributed by atoms with Gasteiger partial charge < -0.3 is 0 Å². The molecule has 1 aliphatic heterocycles. The van der Waals surface area contributed by atoms with Gasteiger partial charge in [-0.1, -0.05) is 37.3 Å². The summed E-state index contributed by atoms with van der Waals surface area (Å²) in [6.07, 6.45) is 3.69. The summed E-state index contributed by atoms with van der Waals surface area (Å²) in [6.45, 7) is 2.14. The van der Waals surface area contributed by atoms with Crippen LogP contribution in [0.25, 0.3) is 0 Å². The number of nitrogens with zero attached hydrogens (tertiary/aromatic N) is 2. The zero-order valence-electron chi connectivity index (χ0n) is 7.51. The Bertz CT molecular complexity index is 338. The average Bonchev–Trinajstić information content (AvgIpc) is 2.71. The molecule has 2 nitrogen and oxygen atoms in total. The van der Waals surface area contributed by atoms with E-state index >= 15 is 0 Å². The normalized spacial score (nSPS) is 16.5. The summed E-state index contributed by atoms with van der Waals surface area (Å²) >= 11 is 0. The molecule has 1 aromatic carbocycles. The van der Waals surface area contributed by atoms with Crippen LogP contribution in [-0.4, -0.2) is 6.21 Å². The number of rotatable bonds is 2. The molecule has 1 aromatic rings. The second kappa shape index (κ2) is 3.44. The molecule has 0 aromatic heterocycles. The molecule has 1 radical (unpaired) electrons. The number of hydrogen-bond donors (Lipinski definition) is 0. The Morgan fingerprint density at radius 2 is 1.92 bits per heavy atom. The minimum atomic E-state index is 0.337. The average molecular weight is 171 g/mol. The van der Waals surface area contributed by atoms with E-state index in [9.17, 15) is 0 Å². The van der Waals surface area contributed by atoms with Gasteiger partial charge in [-0.05, 0) is 11.6 Å². The van der Waals surface area contributed by atoms with Crippen molar-refractivity contribution < 1.29 is 0 Å². The van der Waals surface area contributed by atoms with Crippen LogP contribution in [-0.2, 0) is 0 Å². The lowest BCUT2D eigenvalue weighted by molar-refractivity contribution is 0.758. The van der Waals surface area contributed by atoms with Crippen LogP contribution in [0.5, 0.6) is 0 Å². The predicted molar refractivity (Wildman–Crippen MR) is 53.6 cm³/mol. The van der Waals surface area contributed by atoms with E-state index in [2.05, 4.69) is 29.6 Å². The standard InChI is InChI=1S/C11H11N2/c1-9(11-7-8-12-13-11)10-5-3-2-4-6-10/h2-9H,1H3. The molecule has 0 aliphatic carbocycles. The minimum Gasteiger partial charge on any atom is -0.159 e. The first-order valence-corrected chi connectivity index (χ1v) is 4.37. The fourth-order valence-corrected chi connectivity index (χ4v) is 1.39. The maximum atomic E-state index is 4.04. The van der Waals surface area contributed by atoms with Crippen LogP contribution < -0.4 is 5.43 Å². The molecule has 0 amide bonds. The highest BCUT2D eigenvalue weighted by Gasteiger charge is 2.13. The minimum absolute atomic E-state index is 0.337. The van der Waals surface area contributed by atoms with Crippen molar-refractivity contribution in [3.05, 3.63) is 47.7 Å². The van der Waals surface area contributed by atoms with Gasteiger partial charge >= 0.3 is 0 Å². The molecule has 2 heteroatoms. The van der Waals surface area contributed by atoms with Crippen molar-refractivity contribution in [3.8, 4) is 0 Å². The van der Waals surface area contributed by atoms with Crippen LogP contribution >= 0.6 is 0 Å². The topological polar surface area (TPSA) is 26.5 Å². The molecular formula is C11H11N2. The van der Waals surface area contributed by atoms with Gasteiger partial charge in [0.25, 0.3) is 0 Å². The van der Waals surface area contributed by atoms with E-state index in [1.54, 1.807) is 6.21 Å². The Kier molecular flexibility index (Phi) is 2.13. The van der Waals surface area contributed by atoms with Gasteiger partial charge in [0.1, 0.15) is 0 Å². The Morgan fingerprint density at radius 1 is 1.15 bits per heavy atom. The van der Waals surface area contributed by atoms with E-state index in [0.717, 1.165) is 5.70 Å². The van der Waals surface area contributed by atoms with E-state index < -0.39 is 0 Å². The Labute approximate surface area is 78.0 Å². The Balaban J connectivity index is 2.18. The van der Waals surface area contributed by atoms with Gasteiger partial charge in [-0.15, -0.1) is 0 Å². The smallest absolute Gasteiger partial charge is 0.0718 e. The summed E-state index contributed by atoms with van der Waals surface area (Å²) in [7, 11) is 0. The molecule has 0 bridgehead atoms. The van der Waals surface area contributed by atoms with Crippen LogP contribution in [0.3, 0.4) is 0 Å². The highest BCUT2D eigenvalue weighted by atomic mass is 15.3. The Hall–Kier alpha value is -1.57. The lowest BCUT2D eigenvalue weighted by Crippen LogP contribution is -2.02. The fourth-order valence-electron chi connectivity index (χ4n) is 1.39. The molecule has 0 saturated carbocycles. The van der Waals surface area contributed by atoms with Crippen LogP contribution in [0.4, 0.5) is 0 Å². The van der Waals surface area contributed by atoms with Crippen molar-refractivity contribution in [1.29, 1.82) is 0 Å². The molecule has 0 N–H and O–H groups in total. The second-order valence-electron chi connectivity index (χ2n) is 3.09. The third kappa shape index (κ3) is 1.61. The van der Waals surface area contributed by atoms with Gasteiger partial charge in [-0.3, -0.25) is 0 Å². The lowest BCUT2D eigenvalue weighted by Gasteiger charge is -2.10. The monoisotopic (exact) mass is 171 g/mol. The van der Waals surface area contributed by atoms with Gasteiger partial charge in [0.05, 0.1) is 11.9 Å². The summed E-state index contributed by atoms with van der Waals surface area (Å²) in [5.74, 6) is 0.337. The van der Waals surface area contributed by atoms with Gasteiger partial charge in [0, 0.05) is 5.92 Å². The van der Waals surface area contributed by atoms with Crippen molar-refractivity contribution in [2.24, 2.45) is 5.10 Å². The van der Waals surface area contributed by atoms with E-state index in [-0.39, 0.29) is 0 Å². The molecule has 65 valence electrons. The zero-order valence-corrected chi connectivity index (χ0v) is 7.51. The third-order valence-corrected chi connectivity index (χ3v) is 2.23. The molecule has 0 saturated heterocycles.